The Morgan fingerprint density at radius 2 is 1.52 bits per heavy atom. The van der Waals surface area contributed by atoms with Gasteiger partial charge in [0, 0.05) is 5.41 Å². The van der Waals surface area contributed by atoms with Crippen LogP contribution in [0.5, 0.6) is 0 Å². The minimum absolute atomic E-state index is 0.0398. The summed E-state index contributed by atoms with van der Waals surface area (Å²) in [4.78, 5) is 37.7. The topological polar surface area (TPSA) is 107 Å². The first-order valence-electron chi connectivity index (χ1n) is 17.0. The zero-order valence-electron chi connectivity index (χ0n) is 28.0. The van der Waals surface area contributed by atoms with E-state index >= 15 is 0 Å². The fourth-order valence-electron chi connectivity index (χ4n) is 12.6. The van der Waals surface area contributed by atoms with Crippen LogP contribution in [-0.4, -0.2) is 29.1 Å². The highest BCUT2D eigenvalue weighted by molar-refractivity contribution is 5.82. The van der Waals surface area contributed by atoms with Crippen LogP contribution in [0.1, 0.15) is 133 Å². The van der Waals surface area contributed by atoms with E-state index in [1.165, 1.54) is 19.3 Å². The number of carbonyl (C=O) groups is 3. The number of hydrogen-bond donors (Lipinski definition) is 2. The molecule has 6 heteroatoms. The van der Waals surface area contributed by atoms with E-state index in [2.05, 4.69) is 48.5 Å². The van der Waals surface area contributed by atoms with Gasteiger partial charge in [0.15, 0.2) is 0 Å². The number of carboxylic acid groups (broad SMARTS) is 1. The average molecular weight is 586 g/mol. The molecule has 0 aromatic carbocycles. The molecule has 0 aliphatic heterocycles. The lowest BCUT2D eigenvalue weighted by Crippen LogP contribution is -2.67. The third-order valence-corrected chi connectivity index (χ3v) is 15.2. The van der Waals surface area contributed by atoms with E-state index in [9.17, 15) is 19.5 Å². The van der Waals surface area contributed by atoms with Crippen LogP contribution >= 0.6 is 0 Å². The molecule has 10 atom stereocenters. The Labute approximate surface area is 254 Å². The zero-order chi connectivity index (χ0) is 31.3. The van der Waals surface area contributed by atoms with Gasteiger partial charge in [-0.25, -0.2) is 0 Å². The smallest absolute Gasteiger partial charge is 0.309 e. The number of ether oxygens (including phenoxy) is 1. The third-order valence-electron chi connectivity index (χ3n) is 15.2. The van der Waals surface area contributed by atoms with Gasteiger partial charge in [0.05, 0.1) is 17.3 Å². The van der Waals surface area contributed by atoms with E-state index in [0.717, 1.165) is 44.9 Å². The van der Waals surface area contributed by atoms with E-state index in [1.54, 1.807) is 13.8 Å². The summed E-state index contributed by atoms with van der Waals surface area (Å²) in [6.45, 7) is 20.2. The van der Waals surface area contributed by atoms with Gasteiger partial charge < -0.3 is 15.6 Å². The maximum atomic E-state index is 13.2. The Morgan fingerprint density at radius 3 is 2.12 bits per heavy atom. The van der Waals surface area contributed by atoms with Gasteiger partial charge in [0.1, 0.15) is 6.10 Å². The van der Waals surface area contributed by atoms with Gasteiger partial charge in [-0.1, -0.05) is 48.5 Å². The van der Waals surface area contributed by atoms with Crippen LogP contribution in [-0.2, 0) is 19.1 Å². The van der Waals surface area contributed by atoms with Crippen LogP contribution in [0.4, 0.5) is 0 Å². The lowest BCUT2D eigenvalue weighted by Gasteiger charge is -2.73. The number of rotatable bonds is 6. The molecule has 5 saturated carbocycles. The molecule has 3 N–H and O–H groups in total. The molecule has 42 heavy (non-hydrogen) atoms. The van der Waals surface area contributed by atoms with Crippen LogP contribution in [0.25, 0.3) is 0 Å². The van der Waals surface area contributed by atoms with Crippen molar-refractivity contribution in [3.05, 3.63) is 0 Å². The summed E-state index contributed by atoms with van der Waals surface area (Å²) in [6.07, 6.45) is 10.4. The molecule has 0 spiro atoms. The number of amides is 1. The first-order chi connectivity index (χ1) is 19.3. The van der Waals surface area contributed by atoms with Gasteiger partial charge in [-0.05, 0) is 130 Å². The standard InChI is InChI=1S/C36H59NO5/c1-21(2)22-12-17-36(29(37)39)19-18-34(8)23(28(22)36)10-11-25-33(7)15-14-26(42-27(38)20-31(3,4)30(40)41)32(5,6)24(33)13-16-35(25,34)9/h21-26,28H,10-20H2,1-9H3,(H2,37,39)(H,40,41)/t22-,23+,24-,25?,26-,28+,33-,34+,35+,36-/m0/s1. The average Bonchev–Trinajstić information content (AvgIpc) is 3.27. The van der Waals surface area contributed by atoms with E-state index < -0.39 is 17.4 Å². The maximum Gasteiger partial charge on any atom is 0.309 e. The predicted octanol–water partition coefficient (Wildman–Crippen LogP) is 7.62. The second kappa shape index (κ2) is 9.96. The van der Waals surface area contributed by atoms with Crippen molar-refractivity contribution in [2.75, 3.05) is 0 Å². The number of aliphatic carboxylic acids is 1. The van der Waals surface area contributed by atoms with Gasteiger partial charge in [0.2, 0.25) is 5.91 Å². The molecule has 0 bridgehead atoms. The third kappa shape index (κ3) is 4.25. The molecule has 5 rings (SSSR count). The molecule has 0 radical (unpaired) electrons. The summed E-state index contributed by atoms with van der Waals surface area (Å²) in [6, 6.07) is 0. The molecule has 0 saturated heterocycles. The molecule has 1 unspecified atom stereocenters. The normalized spacial score (nSPS) is 46.1. The SMILES string of the molecule is CC(C)[C@@H]1CC[C@]2(C(N)=O)CC[C@]3(C)[C@H](CCC4[C@@]5(C)CC[C@H](OC(=O)CC(C)(C)C(=O)O)C(C)(C)[C@@H]5CC[C@]43C)[C@@H]12. The number of nitrogens with two attached hydrogens (primary N) is 1. The van der Waals surface area contributed by atoms with Gasteiger partial charge in [-0.3, -0.25) is 14.4 Å². The molecule has 5 fully saturated rings. The molecule has 238 valence electrons. The van der Waals surface area contributed by atoms with Crippen molar-refractivity contribution in [2.45, 2.75) is 139 Å². The van der Waals surface area contributed by atoms with Crippen molar-refractivity contribution in [2.24, 2.45) is 73.7 Å². The number of carboxylic acids is 1. The predicted molar refractivity (Wildman–Crippen MR) is 164 cm³/mol. The minimum atomic E-state index is -1.13. The summed E-state index contributed by atoms with van der Waals surface area (Å²) < 4.78 is 6.12. The van der Waals surface area contributed by atoms with Crippen molar-refractivity contribution in [3.63, 3.8) is 0 Å². The molecular formula is C36H59NO5. The second-order valence-corrected chi connectivity index (χ2v) is 17.9. The van der Waals surface area contributed by atoms with Crippen LogP contribution in [0.2, 0.25) is 0 Å². The summed E-state index contributed by atoms with van der Waals surface area (Å²) in [5.41, 5.74) is 5.16. The number of esters is 1. The van der Waals surface area contributed by atoms with Gasteiger partial charge in [0.25, 0.3) is 0 Å². The van der Waals surface area contributed by atoms with E-state index in [4.69, 9.17) is 10.5 Å². The fourth-order valence-corrected chi connectivity index (χ4v) is 12.6. The van der Waals surface area contributed by atoms with E-state index in [1.807, 2.05) is 0 Å². The first kappa shape index (κ1) is 31.8. The van der Waals surface area contributed by atoms with Gasteiger partial charge in [-0.2, -0.15) is 0 Å². The molecule has 5 aliphatic rings. The number of primary amides is 1. The van der Waals surface area contributed by atoms with Crippen LogP contribution in [0.3, 0.4) is 0 Å². The van der Waals surface area contributed by atoms with Crippen molar-refractivity contribution < 1.29 is 24.2 Å². The summed E-state index contributed by atoms with van der Waals surface area (Å²) in [7, 11) is 0. The minimum Gasteiger partial charge on any atom is -0.481 e. The number of fused-ring (bicyclic) bond motifs is 7. The van der Waals surface area contributed by atoms with Crippen molar-refractivity contribution in [1.82, 2.24) is 0 Å². The van der Waals surface area contributed by atoms with E-state index in [0.29, 0.717) is 35.5 Å². The maximum absolute atomic E-state index is 13.2. The zero-order valence-corrected chi connectivity index (χ0v) is 28.0. The van der Waals surface area contributed by atoms with Crippen LogP contribution < -0.4 is 5.73 Å². The van der Waals surface area contributed by atoms with Gasteiger partial charge in [-0.15, -0.1) is 0 Å². The Hall–Kier alpha value is -1.59. The quantitative estimate of drug-likeness (QED) is 0.312. The Bertz CT molecular complexity index is 1130. The Morgan fingerprint density at radius 1 is 0.857 bits per heavy atom. The molecule has 1 amide bonds. The first-order valence-corrected chi connectivity index (χ1v) is 17.0. The van der Waals surface area contributed by atoms with Crippen molar-refractivity contribution in [1.29, 1.82) is 0 Å². The van der Waals surface area contributed by atoms with Crippen molar-refractivity contribution in [3.8, 4) is 0 Å². The molecule has 0 heterocycles. The molecule has 6 nitrogen and oxygen atoms in total. The summed E-state index contributed by atoms with van der Waals surface area (Å²) in [5.74, 6) is 1.70. The molecule has 0 aromatic heterocycles. The largest absolute Gasteiger partial charge is 0.481 e. The lowest BCUT2D eigenvalue weighted by atomic mass is 9.32. The molecular weight excluding hydrogens is 526 g/mol. The highest BCUT2D eigenvalue weighted by Gasteiger charge is 2.72. The van der Waals surface area contributed by atoms with E-state index in [-0.39, 0.29) is 45.5 Å². The van der Waals surface area contributed by atoms with Gasteiger partial charge >= 0.3 is 11.9 Å². The Kier molecular flexibility index (Phi) is 7.55. The summed E-state index contributed by atoms with van der Waals surface area (Å²) in [5, 5.41) is 9.53. The lowest BCUT2D eigenvalue weighted by molar-refractivity contribution is -0.250. The van der Waals surface area contributed by atoms with Crippen molar-refractivity contribution >= 4 is 17.8 Å². The highest BCUT2D eigenvalue weighted by atomic mass is 16.5. The number of carbonyl (C=O) groups excluding carboxylic acids is 2. The number of hydrogen-bond acceptors (Lipinski definition) is 4. The second-order valence-electron chi connectivity index (χ2n) is 17.9. The monoisotopic (exact) mass is 585 g/mol. The van der Waals surface area contributed by atoms with Crippen LogP contribution in [0, 0.1) is 68.0 Å². The van der Waals surface area contributed by atoms with Crippen LogP contribution in [0.15, 0.2) is 0 Å². The highest BCUT2D eigenvalue weighted by Crippen LogP contribution is 2.77. The Balaban J connectivity index is 1.42. The molecule has 5 aliphatic carbocycles. The molecule has 0 aromatic rings. The fraction of sp³-hybridized carbons (Fsp3) is 0.917. The summed E-state index contributed by atoms with van der Waals surface area (Å²) >= 11 is 0.